The molecule has 1 aliphatic rings. The molecule has 1 fully saturated rings. The first-order valence-corrected chi connectivity index (χ1v) is 10.5. The minimum Gasteiger partial charge on any atom is -0.335 e. The fourth-order valence-electron chi connectivity index (χ4n) is 3.47. The van der Waals surface area contributed by atoms with E-state index in [9.17, 15) is 4.79 Å². The number of fused-ring (bicyclic) bond motifs is 1. The van der Waals surface area contributed by atoms with Crippen LogP contribution in [0.15, 0.2) is 28.9 Å². The number of carbonyl (C=O) groups excluding carboxylic acids is 1. The average Bonchev–Trinajstić information content (AvgIpc) is 3.14. The fourth-order valence-corrected chi connectivity index (χ4v) is 4.30. The molecular formula is C21H21N5O2S. The van der Waals surface area contributed by atoms with Crippen molar-refractivity contribution in [3.05, 3.63) is 46.1 Å². The third-order valence-corrected chi connectivity index (χ3v) is 6.26. The van der Waals surface area contributed by atoms with E-state index in [2.05, 4.69) is 20.6 Å². The zero-order valence-corrected chi connectivity index (χ0v) is 17.3. The van der Waals surface area contributed by atoms with Crippen LogP contribution in [0.5, 0.6) is 0 Å². The second-order valence-electron chi connectivity index (χ2n) is 7.67. The summed E-state index contributed by atoms with van der Waals surface area (Å²) < 4.78 is 7.29. The van der Waals surface area contributed by atoms with Gasteiger partial charge in [-0.15, -0.1) is 11.3 Å². The lowest BCUT2D eigenvalue weighted by molar-refractivity contribution is 0.102. The molecular weight excluding hydrogens is 386 g/mol. The summed E-state index contributed by atoms with van der Waals surface area (Å²) in [6, 6.07) is 5.87. The quantitative estimate of drug-likeness (QED) is 0.517. The third kappa shape index (κ3) is 3.33. The number of aromatic nitrogens is 4. The van der Waals surface area contributed by atoms with Gasteiger partial charge in [-0.25, -0.2) is 9.67 Å². The lowest BCUT2D eigenvalue weighted by Crippen LogP contribution is -2.17. The van der Waals surface area contributed by atoms with E-state index in [0.717, 1.165) is 22.8 Å². The van der Waals surface area contributed by atoms with E-state index in [4.69, 9.17) is 4.52 Å². The monoisotopic (exact) mass is 407 g/mol. The number of rotatable bonds is 5. The highest BCUT2D eigenvalue weighted by atomic mass is 32.1. The summed E-state index contributed by atoms with van der Waals surface area (Å²) >= 11 is 1.63. The van der Waals surface area contributed by atoms with Crippen LogP contribution in [0.2, 0.25) is 0 Å². The molecule has 1 amide bonds. The van der Waals surface area contributed by atoms with Gasteiger partial charge < -0.3 is 9.84 Å². The normalized spacial score (nSPS) is 13.9. The Morgan fingerprint density at radius 2 is 2.14 bits per heavy atom. The Morgan fingerprint density at radius 1 is 1.31 bits per heavy atom. The Balaban J connectivity index is 1.56. The number of pyridine rings is 1. The molecule has 4 aromatic rings. The van der Waals surface area contributed by atoms with Gasteiger partial charge in [0.2, 0.25) is 0 Å². The van der Waals surface area contributed by atoms with Crippen molar-refractivity contribution < 1.29 is 9.32 Å². The van der Waals surface area contributed by atoms with E-state index < -0.39 is 0 Å². The van der Waals surface area contributed by atoms with Crippen LogP contribution >= 0.6 is 11.3 Å². The second kappa shape index (κ2) is 6.81. The summed E-state index contributed by atoms with van der Waals surface area (Å²) in [5, 5.41) is 12.2. The van der Waals surface area contributed by atoms with Crippen molar-refractivity contribution in [2.75, 3.05) is 5.32 Å². The molecule has 0 saturated heterocycles. The molecule has 0 bridgehead atoms. The van der Waals surface area contributed by atoms with Crippen LogP contribution in [0.1, 0.15) is 39.3 Å². The molecule has 5 rings (SSSR count). The number of aryl methyl sites for hydroxylation is 3. The molecule has 29 heavy (non-hydrogen) atoms. The molecule has 4 aromatic heterocycles. The number of nitrogens with one attached hydrogen (secondary N) is 1. The zero-order valence-electron chi connectivity index (χ0n) is 16.5. The Bertz CT molecular complexity index is 1230. The van der Waals surface area contributed by atoms with Crippen LogP contribution in [0, 0.1) is 26.7 Å². The number of nitrogens with zero attached hydrogens (tertiary/aromatic N) is 4. The van der Waals surface area contributed by atoms with E-state index in [-0.39, 0.29) is 5.91 Å². The van der Waals surface area contributed by atoms with Crippen molar-refractivity contribution in [1.82, 2.24) is 19.9 Å². The number of hydrogen-bond acceptors (Lipinski definition) is 6. The number of thiophene rings is 1. The van der Waals surface area contributed by atoms with E-state index >= 15 is 0 Å². The predicted molar refractivity (Wildman–Crippen MR) is 112 cm³/mol. The maximum atomic E-state index is 13.3. The molecule has 0 unspecified atom stereocenters. The SMILES string of the molecule is Cc1ccc(-c2cc(C(=O)Nc3c(C)cnn3CC3CC3)c3c(C)noc3n2)s1. The molecule has 0 aliphatic heterocycles. The lowest BCUT2D eigenvalue weighted by Gasteiger charge is -2.11. The van der Waals surface area contributed by atoms with Crippen molar-refractivity contribution in [3.63, 3.8) is 0 Å². The van der Waals surface area contributed by atoms with Gasteiger partial charge in [0.25, 0.3) is 11.6 Å². The van der Waals surface area contributed by atoms with Crippen LogP contribution in [-0.2, 0) is 6.54 Å². The summed E-state index contributed by atoms with van der Waals surface area (Å²) in [5.41, 5.74) is 3.18. The van der Waals surface area contributed by atoms with Gasteiger partial charge in [-0.05, 0) is 57.7 Å². The van der Waals surface area contributed by atoms with Gasteiger partial charge in [0.05, 0.1) is 33.4 Å². The summed E-state index contributed by atoms with van der Waals surface area (Å²) in [5.74, 6) is 1.19. The van der Waals surface area contributed by atoms with Gasteiger partial charge in [0.1, 0.15) is 5.82 Å². The van der Waals surface area contributed by atoms with Crippen molar-refractivity contribution in [3.8, 4) is 10.6 Å². The average molecular weight is 407 g/mol. The largest absolute Gasteiger partial charge is 0.335 e. The maximum Gasteiger partial charge on any atom is 0.259 e. The Kier molecular flexibility index (Phi) is 4.24. The van der Waals surface area contributed by atoms with Crippen LogP contribution in [0.25, 0.3) is 21.7 Å². The Labute approximate surface area is 171 Å². The molecule has 4 heterocycles. The summed E-state index contributed by atoms with van der Waals surface area (Å²) in [7, 11) is 0. The summed E-state index contributed by atoms with van der Waals surface area (Å²) in [4.78, 5) is 20.1. The van der Waals surface area contributed by atoms with Gasteiger partial charge in [-0.3, -0.25) is 4.79 Å². The Hall–Kier alpha value is -3.00. The van der Waals surface area contributed by atoms with E-state index in [1.165, 1.54) is 17.7 Å². The molecule has 0 atom stereocenters. The first kappa shape index (κ1) is 18.1. The van der Waals surface area contributed by atoms with E-state index in [0.29, 0.717) is 34.0 Å². The molecule has 8 heteroatoms. The second-order valence-corrected chi connectivity index (χ2v) is 8.96. The molecule has 0 radical (unpaired) electrons. The van der Waals surface area contributed by atoms with Crippen molar-refractivity contribution in [1.29, 1.82) is 0 Å². The number of hydrogen-bond donors (Lipinski definition) is 1. The highest BCUT2D eigenvalue weighted by molar-refractivity contribution is 7.15. The Morgan fingerprint density at radius 3 is 2.86 bits per heavy atom. The molecule has 0 aromatic carbocycles. The predicted octanol–water partition coefficient (Wildman–Crippen LogP) is 4.74. The number of amides is 1. The minimum atomic E-state index is -0.209. The summed E-state index contributed by atoms with van der Waals surface area (Å²) in [6.45, 7) is 6.66. The highest BCUT2D eigenvalue weighted by Crippen LogP contribution is 2.33. The molecule has 0 spiro atoms. The fraction of sp³-hybridized carbons (Fsp3) is 0.333. The molecule has 1 saturated carbocycles. The van der Waals surface area contributed by atoms with Gasteiger partial charge >= 0.3 is 0 Å². The van der Waals surface area contributed by atoms with Crippen LogP contribution in [0.3, 0.4) is 0 Å². The van der Waals surface area contributed by atoms with Crippen molar-refractivity contribution in [2.24, 2.45) is 5.92 Å². The minimum absolute atomic E-state index is 0.209. The van der Waals surface area contributed by atoms with Gasteiger partial charge in [0.15, 0.2) is 0 Å². The first-order valence-electron chi connectivity index (χ1n) is 9.67. The van der Waals surface area contributed by atoms with Gasteiger partial charge in [-0.1, -0.05) is 5.16 Å². The third-order valence-electron chi connectivity index (χ3n) is 5.24. The van der Waals surface area contributed by atoms with Crippen LogP contribution < -0.4 is 5.32 Å². The van der Waals surface area contributed by atoms with E-state index in [1.807, 2.05) is 43.7 Å². The number of anilines is 1. The van der Waals surface area contributed by atoms with E-state index in [1.54, 1.807) is 17.5 Å². The van der Waals surface area contributed by atoms with Gasteiger partial charge in [0, 0.05) is 17.0 Å². The van der Waals surface area contributed by atoms with Crippen molar-refractivity contribution in [2.45, 2.75) is 40.2 Å². The lowest BCUT2D eigenvalue weighted by atomic mass is 10.1. The van der Waals surface area contributed by atoms with Crippen LogP contribution in [-0.4, -0.2) is 25.8 Å². The highest BCUT2D eigenvalue weighted by Gasteiger charge is 2.25. The number of carbonyl (C=O) groups is 1. The molecule has 1 N–H and O–H groups in total. The smallest absolute Gasteiger partial charge is 0.259 e. The summed E-state index contributed by atoms with van der Waals surface area (Å²) in [6.07, 6.45) is 4.24. The molecule has 1 aliphatic carbocycles. The standard InChI is InChI=1S/C21H21N5O2S/c1-11-9-22-26(10-14-5-6-14)19(11)24-20(27)15-8-16(17-7-4-12(2)29-17)23-21-18(15)13(3)25-28-21/h4,7-9,14H,5-6,10H2,1-3H3,(H,24,27). The van der Waals surface area contributed by atoms with Crippen molar-refractivity contribution >= 4 is 34.2 Å². The topological polar surface area (TPSA) is 85.8 Å². The van der Waals surface area contributed by atoms with Crippen LogP contribution in [0.4, 0.5) is 5.82 Å². The molecule has 7 nitrogen and oxygen atoms in total. The first-order chi connectivity index (χ1) is 14.0. The maximum absolute atomic E-state index is 13.3. The van der Waals surface area contributed by atoms with Gasteiger partial charge in [-0.2, -0.15) is 5.10 Å². The zero-order chi connectivity index (χ0) is 20.1. The molecule has 148 valence electrons.